The molecule has 0 saturated heterocycles. The average Bonchev–Trinajstić information content (AvgIpc) is 1.64. The molecule has 3 nitrogen and oxygen atoms in total. The Balaban J connectivity index is 3.08. The highest BCUT2D eigenvalue weighted by molar-refractivity contribution is 6.29. The van der Waals surface area contributed by atoms with Crippen molar-refractivity contribution in [1.29, 1.82) is 0 Å². The summed E-state index contributed by atoms with van der Waals surface area (Å²) in [5.74, 6) is 0.0949. The maximum Gasteiger partial charge on any atom is 0.164 e. The van der Waals surface area contributed by atoms with E-state index in [0.717, 1.165) is 0 Å². The molecule has 1 heterocycles. The third-order valence-corrected chi connectivity index (χ3v) is 0.787. The van der Waals surface area contributed by atoms with E-state index in [9.17, 15) is 0 Å². The van der Waals surface area contributed by atoms with Crippen molar-refractivity contribution >= 4 is 17.4 Å². The van der Waals surface area contributed by atoms with E-state index in [0.29, 0.717) is 0 Å². The van der Waals surface area contributed by atoms with Gasteiger partial charge in [0.2, 0.25) is 0 Å². The van der Waals surface area contributed by atoms with E-state index >= 15 is 0 Å². The van der Waals surface area contributed by atoms with Crippen LogP contribution in [0.15, 0.2) is 12.4 Å². The summed E-state index contributed by atoms with van der Waals surface area (Å²) in [6.07, 6.45) is 2.71. The highest BCUT2D eigenvalue weighted by Crippen LogP contribution is 2.02. The molecule has 1 rings (SSSR count). The zero-order valence-corrected chi connectivity index (χ0v) is 4.68. The highest BCUT2D eigenvalue weighted by Gasteiger charge is 1.87. The van der Waals surface area contributed by atoms with Gasteiger partial charge in [0.1, 0.15) is 5.15 Å². The minimum absolute atomic E-state index is 0.0949. The first kappa shape index (κ1) is 5.31. The summed E-state index contributed by atoms with van der Waals surface area (Å²) in [5, 5.41) is 0.262. The number of nitrogens with zero attached hydrogens (tertiary/aromatic N) is 2. The Hall–Kier alpha value is -0.830. The van der Waals surface area contributed by atoms with Gasteiger partial charge in [0, 0.05) is 0 Å². The van der Waals surface area contributed by atoms with Crippen LogP contribution in [0.2, 0.25) is 5.15 Å². The molecule has 41 valence electrons. The van der Waals surface area contributed by atoms with E-state index in [1.807, 2.05) is 0 Å². The van der Waals surface area contributed by atoms with Gasteiger partial charge in [0.15, 0.2) is 5.82 Å². The molecule has 0 amide bonds. The van der Waals surface area contributed by atoms with Crippen LogP contribution in [0.5, 0.6) is 0 Å². The monoisotopic (exact) mass is 128 g/mol. The lowest BCUT2D eigenvalue weighted by Gasteiger charge is -1.86. The van der Waals surface area contributed by atoms with Gasteiger partial charge in [-0.1, -0.05) is 11.6 Å². The minimum Gasteiger partial charge on any atom is -0.282 e. The SMILES string of the molecule is [NH]c1cncc(Cl)n1. The third kappa shape index (κ3) is 1.07. The molecule has 1 N–H and O–H groups in total. The number of nitrogens with one attached hydrogen (secondary N) is 1. The minimum atomic E-state index is 0.0949. The fourth-order valence-electron chi connectivity index (χ4n) is 0.342. The maximum atomic E-state index is 6.88. The molecule has 4 heteroatoms. The molecular weight excluding hydrogens is 126 g/mol. The van der Waals surface area contributed by atoms with Crippen molar-refractivity contribution < 1.29 is 0 Å². The van der Waals surface area contributed by atoms with Crippen molar-refractivity contribution in [2.75, 3.05) is 0 Å². The third-order valence-electron chi connectivity index (χ3n) is 0.605. The fourth-order valence-corrected chi connectivity index (χ4v) is 0.490. The fraction of sp³-hybridized carbons (Fsp3) is 0. The second-order valence-corrected chi connectivity index (χ2v) is 1.61. The zero-order chi connectivity index (χ0) is 5.98. The van der Waals surface area contributed by atoms with Crippen LogP contribution in [0.1, 0.15) is 0 Å². The molecule has 8 heavy (non-hydrogen) atoms. The summed E-state index contributed by atoms with van der Waals surface area (Å²) < 4.78 is 0. The van der Waals surface area contributed by atoms with Crippen molar-refractivity contribution in [3.63, 3.8) is 0 Å². The summed E-state index contributed by atoms with van der Waals surface area (Å²) in [5.41, 5.74) is 6.88. The van der Waals surface area contributed by atoms with Gasteiger partial charge in [-0.2, -0.15) is 0 Å². The first-order valence-corrected chi connectivity index (χ1v) is 2.36. The molecule has 0 aromatic carbocycles. The van der Waals surface area contributed by atoms with Gasteiger partial charge >= 0.3 is 0 Å². The second-order valence-electron chi connectivity index (χ2n) is 1.23. The van der Waals surface area contributed by atoms with Crippen LogP contribution >= 0.6 is 11.6 Å². The van der Waals surface area contributed by atoms with Gasteiger partial charge in [-0.15, -0.1) is 0 Å². The predicted octanol–water partition coefficient (Wildman–Crippen LogP) is 1.04. The van der Waals surface area contributed by atoms with Crippen molar-refractivity contribution in [3.05, 3.63) is 17.5 Å². The quantitative estimate of drug-likeness (QED) is 0.524. The molecule has 0 atom stereocenters. The predicted molar refractivity (Wildman–Crippen MR) is 29.8 cm³/mol. The number of hydrogen-bond donors (Lipinski definition) is 0. The number of rotatable bonds is 0. The molecular formula is C4H3ClN3. The van der Waals surface area contributed by atoms with Crippen molar-refractivity contribution in [1.82, 2.24) is 15.7 Å². The van der Waals surface area contributed by atoms with Crippen LogP contribution in [-0.4, -0.2) is 9.97 Å². The van der Waals surface area contributed by atoms with Crippen LogP contribution in [-0.2, 0) is 0 Å². The molecule has 1 aromatic heterocycles. The van der Waals surface area contributed by atoms with Gasteiger partial charge in [0.05, 0.1) is 12.4 Å². The summed E-state index contributed by atoms with van der Waals surface area (Å²) in [4.78, 5) is 7.15. The lowest BCUT2D eigenvalue weighted by molar-refractivity contribution is 1.16. The molecule has 0 bridgehead atoms. The highest BCUT2D eigenvalue weighted by atomic mass is 35.5. The van der Waals surface area contributed by atoms with Crippen LogP contribution in [0.4, 0.5) is 5.82 Å². The van der Waals surface area contributed by atoms with Crippen LogP contribution in [0, 0.1) is 0 Å². The summed E-state index contributed by atoms with van der Waals surface area (Å²) in [6, 6.07) is 0. The van der Waals surface area contributed by atoms with Gasteiger partial charge in [-0.05, 0) is 0 Å². The largest absolute Gasteiger partial charge is 0.282 e. The first-order valence-electron chi connectivity index (χ1n) is 1.98. The topological polar surface area (TPSA) is 49.6 Å². The Labute approximate surface area is 51.5 Å². The van der Waals surface area contributed by atoms with E-state index in [4.69, 9.17) is 17.3 Å². The Morgan fingerprint density at radius 2 is 2.25 bits per heavy atom. The lowest BCUT2D eigenvalue weighted by atomic mass is 10.7. The van der Waals surface area contributed by atoms with Crippen molar-refractivity contribution in [3.8, 4) is 0 Å². The Morgan fingerprint density at radius 1 is 1.50 bits per heavy atom. The van der Waals surface area contributed by atoms with Crippen molar-refractivity contribution in [2.24, 2.45) is 0 Å². The van der Waals surface area contributed by atoms with Crippen LogP contribution in [0.3, 0.4) is 0 Å². The number of aromatic nitrogens is 2. The summed E-state index contributed by atoms with van der Waals surface area (Å²) in [6.45, 7) is 0. The van der Waals surface area contributed by atoms with E-state index in [1.165, 1.54) is 12.4 Å². The second kappa shape index (κ2) is 1.96. The molecule has 0 aliphatic rings. The number of halogens is 1. The van der Waals surface area contributed by atoms with E-state index in [1.54, 1.807) is 0 Å². The van der Waals surface area contributed by atoms with Gasteiger partial charge < -0.3 is 0 Å². The molecule has 1 radical (unpaired) electrons. The van der Waals surface area contributed by atoms with Gasteiger partial charge in [-0.3, -0.25) is 10.7 Å². The Bertz CT molecular complexity index is 171. The molecule has 1 aromatic rings. The zero-order valence-electron chi connectivity index (χ0n) is 3.93. The number of hydrogen-bond acceptors (Lipinski definition) is 2. The molecule has 0 aliphatic heterocycles. The standard InChI is InChI=1S/C4H3ClN3/c5-3-1-7-2-4(6)8-3/h1-2,6H. The normalized spacial score (nSPS) is 9.12. The van der Waals surface area contributed by atoms with Crippen molar-refractivity contribution in [2.45, 2.75) is 0 Å². The smallest absolute Gasteiger partial charge is 0.164 e. The first-order chi connectivity index (χ1) is 3.79. The van der Waals surface area contributed by atoms with Crippen LogP contribution in [0.25, 0.3) is 0 Å². The lowest BCUT2D eigenvalue weighted by Crippen LogP contribution is -1.79. The molecule has 0 aliphatic carbocycles. The summed E-state index contributed by atoms with van der Waals surface area (Å²) in [7, 11) is 0. The molecule has 0 fully saturated rings. The Kier molecular flexibility index (Phi) is 1.30. The van der Waals surface area contributed by atoms with Crippen LogP contribution < -0.4 is 5.73 Å². The average molecular weight is 129 g/mol. The van der Waals surface area contributed by atoms with E-state index < -0.39 is 0 Å². The van der Waals surface area contributed by atoms with E-state index in [2.05, 4.69) is 9.97 Å². The molecule has 0 saturated carbocycles. The van der Waals surface area contributed by atoms with Gasteiger partial charge in [-0.25, -0.2) is 4.98 Å². The maximum absolute atomic E-state index is 6.88. The van der Waals surface area contributed by atoms with E-state index in [-0.39, 0.29) is 11.0 Å². The molecule has 0 unspecified atom stereocenters. The Morgan fingerprint density at radius 3 is 2.62 bits per heavy atom. The molecule has 0 spiro atoms. The summed E-state index contributed by atoms with van der Waals surface area (Å²) >= 11 is 5.35. The van der Waals surface area contributed by atoms with Gasteiger partial charge in [0.25, 0.3) is 0 Å².